The minimum absolute atomic E-state index is 0.00633. The van der Waals surface area contributed by atoms with Gasteiger partial charge in [-0.15, -0.1) is 0 Å². The summed E-state index contributed by atoms with van der Waals surface area (Å²) in [7, 11) is 0. The zero-order valence-electron chi connectivity index (χ0n) is 9.25. The molecule has 2 fully saturated rings. The molecule has 2 heterocycles. The lowest BCUT2D eigenvalue weighted by Crippen LogP contribution is -2.43. The summed E-state index contributed by atoms with van der Waals surface area (Å²) >= 11 is 0. The first-order chi connectivity index (χ1) is 7.27. The maximum atomic E-state index is 12.0. The Morgan fingerprint density at radius 2 is 2.40 bits per heavy atom. The predicted molar refractivity (Wildman–Crippen MR) is 55.5 cm³/mol. The third kappa shape index (κ3) is 2.16. The Morgan fingerprint density at radius 3 is 2.87 bits per heavy atom. The van der Waals surface area contributed by atoms with Crippen molar-refractivity contribution < 1.29 is 14.3 Å². The van der Waals surface area contributed by atoms with Gasteiger partial charge in [-0.1, -0.05) is 13.3 Å². The Kier molecular flexibility index (Phi) is 3.26. The zero-order chi connectivity index (χ0) is 10.7. The largest absolute Gasteiger partial charge is 0.457 e. The van der Waals surface area contributed by atoms with Crippen molar-refractivity contribution in [2.24, 2.45) is 5.41 Å². The molecule has 0 aliphatic carbocycles. The maximum absolute atomic E-state index is 12.0. The molecular formula is C11H19NO3. The summed E-state index contributed by atoms with van der Waals surface area (Å²) in [5, 5.41) is 3.26. The Hall–Kier alpha value is -0.610. The first-order valence-corrected chi connectivity index (χ1v) is 5.76. The van der Waals surface area contributed by atoms with Crippen LogP contribution in [0.4, 0.5) is 0 Å². The number of carbonyl (C=O) groups excluding carboxylic acids is 1. The number of carbonyl (C=O) groups is 1. The van der Waals surface area contributed by atoms with Crippen LogP contribution < -0.4 is 5.32 Å². The van der Waals surface area contributed by atoms with Gasteiger partial charge in [-0.3, -0.25) is 4.79 Å². The Balaban J connectivity index is 1.93. The third-order valence-electron chi connectivity index (χ3n) is 3.29. The van der Waals surface area contributed by atoms with E-state index in [1.54, 1.807) is 0 Å². The number of esters is 1. The average Bonchev–Trinajstić information content (AvgIpc) is 2.61. The van der Waals surface area contributed by atoms with Crippen molar-refractivity contribution >= 4 is 5.97 Å². The summed E-state index contributed by atoms with van der Waals surface area (Å²) in [5.74, 6) is -0.0253. The first-order valence-electron chi connectivity index (χ1n) is 5.76. The topological polar surface area (TPSA) is 47.6 Å². The van der Waals surface area contributed by atoms with Crippen LogP contribution in [0.15, 0.2) is 0 Å². The molecule has 0 aromatic carbocycles. The summed E-state index contributed by atoms with van der Waals surface area (Å²) in [6.07, 6.45) is 2.87. The van der Waals surface area contributed by atoms with Crippen LogP contribution in [0, 0.1) is 5.41 Å². The second kappa shape index (κ2) is 4.49. The Morgan fingerprint density at radius 1 is 1.60 bits per heavy atom. The fourth-order valence-electron chi connectivity index (χ4n) is 2.27. The van der Waals surface area contributed by atoms with Crippen LogP contribution in [-0.4, -0.2) is 38.4 Å². The van der Waals surface area contributed by atoms with Crippen molar-refractivity contribution in [3.05, 3.63) is 0 Å². The van der Waals surface area contributed by atoms with Crippen LogP contribution in [0.1, 0.15) is 26.2 Å². The monoisotopic (exact) mass is 213 g/mol. The molecule has 2 aliphatic rings. The van der Waals surface area contributed by atoms with Crippen molar-refractivity contribution in [3.63, 3.8) is 0 Å². The van der Waals surface area contributed by atoms with Gasteiger partial charge in [-0.05, 0) is 19.4 Å². The number of rotatable bonds is 4. The van der Waals surface area contributed by atoms with Crippen molar-refractivity contribution in [1.82, 2.24) is 5.32 Å². The highest BCUT2D eigenvalue weighted by Crippen LogP contribution is 2.33. The second-order valence-electron chi connectivity index (χ2n) is 4.52. The van der Waals surface area contributed by atoms with Gasteiger partial charge in [0.15, 0.2) is 0 Å². The maximum Gasteiger partial charge on any atom is 0.313 e. The van der Waals surface area contributed by atoms with Gasteiger partial charge in [0.1, 0.15) is 6.10 Å². The number of ether oxygens (including phenoxy) is 2. The fourth-order valence-corrected chi connectivity index (χ4v) is 2.27. The second-order valence-corrected chi connectivity index (χ2v) is 4.52. The van der Waals surface area contributed by atoms with Crippen molar-refractivity contribution in [3.8, 4) is 0 Å². The molecule has 0 spiro atoms. The SMILES string of the molecule is CCCC1(C(=O)OC2COC2)CCNC1. The Labute approximate surface area is 90.3 Å². The highest BCUT2D eigenvalue weighted by atomic mass is 16.6. The van der Waals surface area contributed by atoms with Crippen LogP contribution in [0.2, 0.25) is 0 Å². The lowest BCUT2D eigenvalue weighted by molar-refractivity contribution is -0.183. The predicted octanol–water partition coefficient (Wildman–Crippen LogP) is 0.708. The van der Waals surface area contributed by atoms with Gasteiger partial charge in [0, 0.05) is 6.54 Å². The van der Waals surface area contributed by atoms with Gasteiger partial charge >= 0.3 is 5.97 Å². The summed E-state index contributed by atoms with van der Waals surface area (Å²) in [4.78, 5) is 12.0. The van der Waals surface area contributed by atoms with Gasteiger partial charge in [-0.25, -0.2) is 0 Å². The molecule has 1 unspecified atom stereocenters. The molecule has 0 saturated carbocycles. The molecule has 4 heteroatoms. The van der Waals surface area contributed by atoms with Crippen molar-refractivity contribution in [1.29, 1.82) is 0 Å². The molecule has 15 heavy (non-hydrogen) atoms. The number of nitrogens with one attached hydrogen (secondary N) is 1. The van der Waals surface area contributed by atoms with Crippen LogP contribution >= 0.6 is 0 Å². The third-order valence-corrected chi connectivity index (χ3v) is 3.29. The molecular weight excluding hydrogens is 194 g/mol. The van der Waals surface area contributed by atoms with Crippen LogP contribution in [0.25, 0.3) is 0 Å². The van der Waals surface area contributed by atoms with Gasteiger partial charge in [-0.2, -0.15) is 0 Å². The van der Waals surface area contributed by atoms with Crippen molar-refractivity contribution in [2.75, 3.05) is 26.3 Å². The van der Waals surface area contributed by atoms with Gasteiger partial charge < -0.3 is 14.8 Å². The van der Waals surface area contributed by atoms with Gasteiger partial charge in [0.05, 0.1) is 18.6 Å². The number of hydrogen-bond acceptors (Lipinski definition) is 4. The molecule has 4 nitrogen and oxygen atoms in total. The van der Waals surface area contributed by atoms with E-state index in [4.69, 9.17) is 9.47 Å². The van der Waals surface area contributed by atoms with Crippen LogP contribution in [0.5, 0.6) is 0 Å². The molecule has 2 aliphatic heterocycles. The minimum atomic E-state index is -0.260. The summed E-state index contributed by atoms with van der Waals surface area (Å²) < 4.78 is 10.4. The van der Waals surface area contributed by atoms with E-state index in [-0.39, 0.29) is 17.5 Å². The normalized spacial score (nSPS) is 31.3. The standard InChI is InChI=1S/C11H19NO3/c1-2-3-11(4-5-12-8-11)10(13)15-9-6-14-7-9/h9,12H,2-8H2,1H3. The van der Waals surface area contributed by atoms with Crippen LogP contribution in [-0.2, 0) is 14.3 Å². The molecule has 1 N–H and O–H groups in total. The molecule has 0 radical (unpaired) electrons. The molecule has 2 rings (SSSR count). The zero-order valence-corrected chi connectivity index (χ0v) is 9.25. The van der Waals surface area contributed by atoms with E-state index < -0.39 is 0 Å². The van der Waals surface area contributed by atoms with E-state index in [0.29, 0.717) is 13.2 Å². The van der Waals surface area contributed by atoms with E-state index in [0.717, 1.165) is 32.4 Å². The molecule has 2 saturated heterocycles. The quantitative estimate of drug-likeness (QED) is 0.699. The highest BCUT2D eigenvalue weighted by Gasteiger charge is 2.43. The van der Waals surface area contributed by atoms with Crippen LogP contribution in [0.3, 0.4) is 0 Å². The summed E-state index contributed by atoms with van der Waals surface area (Å²) in [6, 6.07) is 0. The van der Waals surface area contributed by atoms with Gasteiger partial charge in [0.2, 0.25) is 0 Å². The smallest absolute Gasteiger partial charge is 0.313 e. The highest BCUT2D eigenvalue weighted by molar-refractivity contribution is 5.77. The summed E-state index contributed by atoms with van der Waals surface area (Å²) in [6.45, 7) is 4.95. The molecule has 1 atom stereocenters. The van der Waals surface area contributed by atoms with E-state index >= 15 is 0 Å². The molecule has 0 amide bonds. The fraction of sp³-hybridized carbons (Fsp3) is 0.909. The van der Waals surface area contributed by atoms with E-state index in [9.17, 15) is 4.79 Å². The van der Waals surface area contributed by atoms with Crippen molar-refractivity contribution in [2.45, 2.75) is 32.3 Å². The first kappa shape index (κ1) is 10.9. The van der Waals surface area contributed by atoms with Gasteiger partial charge in [0.25, 0.3) is 0 Å². The molecule has 86 valence electrons. The lowest BCUT2D eigenvalue weighted by atomic mass is 9.82. The van der Waals surface area contributed by atoms with E-state index in [1.165, 1.54) is 0 Å². The summed E-state index contributed by atoms with van der Waals surface area (Å²) in [5.41, 5.74) is -0.260. The average molecular weight is 213 g/mol. The lowest BCUT2D eigenvalue weighted by Gasteiger charge is -2.31. The molecule has 0 bridgehead atoms. The molecule has 0 aromatic rings. The number of hydrogen-bond donors (Lipinski definition) is 1. The molecule has 0 aromatic heterocycles. The van der Waals surface area contributed by atoms with E-state index in [1.807, 2.05) is 0 Å². The Bertz CT molecular complexity index is 232. The van der Waals surface area contributed by atoms with E-state index in [2.05, 4.69) is 12.2 Å². The minimum Gasteiger partial charge on any atom is -0.457 e.